The van der Waals surface area contributed by atoms with Gasteiger partial charge in [-0.15, -0.1) is 11.3 Å². The van der Waals surface area contributed by atoms with E-state index >= 15 is 0 Å². The molecule has 4 aliphatic heterocycles. The van der Waals surface area contributed by atoms with Crippen LogP contribution in [0.15, 0.2) is 66.7 Å². The Kier molecular flexibility index (Phi) is 7.04. The fraction of sp³-hybridized carbons (Fsp3) is 0.289. The lowest BCUT2D eigenvalue weighted by atomic mass is 9.36. The molecular weight excluding hydrogens is 675 g/mol. The molecule has 0 atom stereocenters. The summed E-state index contributed by atoms with van der Waals surface area (Å²) in [6.07, 6.45) is 0. The van der Waals surface area contributed by atoms with E-state index in [0.29, 0.717) is 26.4 Å². The third kappa shape index (κ3) is 4.70. The summed E-state index contributed by atoms with van der Waals surface area (Å²) < 4.78 is 27.7. The number of benzene rings is 5. The highest BCUT2D eigenvalue weighted by atomic mass is 32.1. The number of fused-ring (bicyclic) bond motifs is 8. The second-order valence-corrected chi connectivity index (χ2v) is 17.2. The number of hydrogen-bond acceptors (Lipinski definition) is 7. The van der Waals surface area contributed by atoms with Gasteiger partial charge in [0.25, 0.3) is 6.71 Å². The maximum atomic E-state index is 6.34. The fourth-order valence-corrected chi connectivity index (χ4v) is 10.5. The molecule has 53 heavy (non-hydrogen) atoms. The molecule has 0 fully saturated rings. The van der Waals surface area contributed by atoms with E-state index in [1.807, 2.05) is 11.3 Å². The summed E-state index contributed by atoms with van der Waals surface area (Å²) in [6.45, 7) is 20.2. The first-order chi connectivity index (χ1) is 25.5. The Morgan fingerprint density at radius 2 is 1.25 bits per heavy atom. The molecule has 0 saturated carbocycles. The van der Waals surface area contributed by atoms with Crippen LogP contribution in [0.2, 0.25) is 0 Å². The van der Waals surface area contributed by atoms with Crippen LogP contribution in [-0.2, 0) is 5.41 Å². The Hall–Kier alpha value is -5.08. The largest absolute Gasteiger partial charge is 0.486 e. The highest BCUT2D eigenvalue weighted by Crippen LogP contribution is 2.53. The van der Waals surface area contributed by atoms with Gasteiger partial charge in [0.1, 0.15) is 26.4 Å². The zero-order chi connectivity index (χ0) is 36.5. The van der Waals surface area contributed by atoms with E-state index in [4.69, 9.17) is 18.9 Å². The van der Waals surface area contributed by atoms with Crippen molar-refractivity contribution < 1.29 is 18.9 Å². The number of aryl methyl sites for hydroxylation is 4. The van der Waals surface area contributed by atoms with Crippen LogP contribution in [0.5, 0.6) is 23.0 Å². The monoisotopic (exact) mass is 718 g/mol. The molecule has 1 aromatic heterocycles. The summed E-state index contributed by atoms with van der Waals surface area (Å²) in [5.74, 6) is 3.27. The molecule has 0 amide bonds. The van der Waals surface area contributed by atoms with Gasteiger partial charge < -0.3 is 28.7 Å². The molecule has 0 unspecified atom stereocenters. The van der Waals surface area contributed by atoms with Gasteiger partial charge in [-0.2, -0.15) is 0 Å². The van der Waals surface area contributed by atoms with E-state index in [0.717, 1.165) is 45.5 Å². The second kappa shape index (κ2) is 11.5. The smallest absolute Gasteiger partial charge is 0.264 e. The predicted octanol–water partition coefficient (Wildman–Crippen LogP) is 9.37. The Bertz CT molecular complexity index is 2530. The topological polar surface area (TPSA) is 43.4 Å². The van der Waals surface area contributed by atoms with Crippen molar-refractivity contribution in [2.45, 2.75) is 60.8 Å². The van der Waals surface area contributed by atoms with Crippen LogP contribution < -0.4 is 44.4 Å². The maximum Gasteiger partial charge on any atom is 0.264 e. The van der Waals surface area contributed by atoms with Gasteiger partial charge in [-0.25, -0.2) is 0 Å². The van der Waals surface area contributed by atoms with Gasteiger partial charge in [-0.3, -0.25) is 0 Å². The first-order valence-electron chi connectivity index (χ1n) is 18.7. The van der Waals surface area contributed by atoms with Crippen LogP contribution in [0.3, 0.4) is 0 Å². The number of rotatable bonds is 2. The zero-order valence-electron chi connectivity index (χ0n) is 31.7. The molecule has 6 aromatic rings. The third-order valence-electron chi connectivity index (χ3n) is 11.4. The second-order valence-electron chi connectivity index (χ2n) is 16.1. The van der Waals surface area contributed by atoms with E-state index in [-0.39, 0.29) is 12.1 Å². The molecule has 8 heteroatoms. The molecule has 0 radical (unpaired) electrons. The summed E-state index contributed by atoms with van der Waals surface area (Å²) in [4.78, 5) is 5.07. The minimum absolute atomic E-state index is 0.0152. The zero-order valence-corrected chi connectivity index (χ0v) is 32.5. The standard InChI is InChI=1S/C45H43BN2O4S/c1-24-17-33-39-34(18-24)48(41-27(4)21-37-43(28(41)5)52-16-15-51-37)42-30-11-9-10-12-38(30)53-44(42)46(39)31-22-35-36(50-14-13-49-35)23-32(31)47(33)40-25(2)19-29(20-26(40)3)45(6,7)8/h9-12,17-23H,13-16H2,1-8H3. The SMILES string of the molecule is Cc1cc2c3c(c1)N(c1c(C)cc4c(c1C)OCCO4)c1c(sc4ccccc14)B3c1cc3c(cc1N2c1c(C)cc(C(C)(C)C)cc1C)OCCO3. The van der Waals surface area contributed by atoms with Crippen LogP contribution in [-0.4, -0.2) is 33.1 Å². The molecule has 6 nitrogen and oxygen atoms in total. The van der Waals surface area contributed by atoms with Crippen molar-refractivity contribution in [1.82, 2.24) is 0 Å². The molecule has 10 rings (SSSR count). The highest BCUT2D eigenvalue weighted by molar-refractivity contribution is 7.33. The predicted molar refractivity (Wildman–Crippen MR) is 220 cm³/mol. The van der Waals surface area contributed by atoms with Crippen LogP contribution in [0.4, 0.5) is 34.1 Å². The van der Waals surface area contributed by atoms with Gasteiger partial charge in [-0.05, 0) is 109 Å². The summed E-state index contributed by atoms with van der Waals surface area (Å²) >= 11 is 1.90. The van der Waals surface area contributed by atoms with Crippen molar-refractivity contribution in [1.29, 1.82) is 0 Å². The van der Waals surface area contributed by atoms with Crippen molar-refractivity contribution in [3.63, 3.8) is 0 Å². The summed E-state index contributed by atoms with van der Waals surface area (Å²) in [5.41, 5.74) is 17.0. The van der Waals surface area contributed by atoms with E-state index < -0.39 is 0 Å². The minimum atomic E-state index is -0.0152. The summed E-state index contributed by atoms with van der Waals surface area (Å²) in [7, 11) is 0. The van der Waals surface area contributed by atoms with Gasteiger partial charge in [0.15, 0.2) is 23.0 Å². The lowest BCUT2D eigenvalue weighted by Crippen LogP contribution is -2.60. The summed E-state index contributed by atoms with van der Waals surface area (Å²) in [5, 5.41) is 1.25. The van der Waals surface area contributed by atoms with E-state index in [2.05, 4.69) is 132 Å². The number of hydrogen-bond donors (Lipinski definition) is 0. The normalized spacial score (nSPS) is 15.4. The molecule has 266 valence electrons. The first kappa shape index (κ1) is 32.6. The van der Waals surface area contributed by atoms with Crippen LogP contribution >= 0.6 is 11.3 Å². The maximum absolute atomic E-state index is 6.34. The number of anilines is 6. The summed E-state index contributed by atoms with van der Waals surface area (Å²) in [6, 6.07) is 25.1. The number of nitrogens with zero attached hydrogens (tertiary/aromatic N) is 2. The molecule has 0 N–H and O–H groups in total. The number of ether oxygens (including phenoxy) is 4. The van der Waals surface area contributed by atoms with Crippen molar-refractivity contribution in [3.8, 4) is 23.0 Å². The van der Waals surface area contributed by atoms with E-state index in [1.165, 1.54) is 70.8 Å². The quantitative estimate of drug-likeness (QED) is 0.166. The highest BCUT2D eigenvalue weighted by Gasteiger charge is 2.47. The minimum Gasteiger partial charge on any atom is -0.486 e. The fourth-order valence-electron chi connectivity index (χ4n) is 9.16. The molecule has 0 aliphatic carbocycles. The average molecular weight is 719 g/mol. The van der Waals surface area contributed by atoms with Crippen LogP contribution in [0.1, 0.15) is 54.2 Å². The average Bonchev–Trinajstić information content (AvgIpc) is 3.51. The van der Waals surface area contributed by atoms with E-state index in [9.17, 15) is 0 Å². The van der Waals surface area contributed by atoms with Gasteiger partial charge in [0.2, 0.25) is 0 Å². The van der Waals surface area contributed by atoms with Gasteiger partial charge in [0, 0.05) is 43.6 Å². The number of thiophene rings is 1. The molecule has 5 heterocycles. The van der Waals surface area contributed by atoms with Crippen molar-refractivity contribution in [2.75, 3.05) is 36.2 Å². The van der Waals surface area contributed by atoms with Gasteiger partial charge in [-0.1, -0.05) is 51.1 Å². The Labute approximate surface area is 315 Å². The first-order valence-corrected chi connectivity index (χ1v) is 19.5. The molecule has 0 spiro atoms. The Balaban J connectivity index is 1.33. The molecule has 0 saturated heterocycles. The Morgan fingerprint density at radius 3 is 1.96 bits per heavy atom. The van der Waals surface area contributed by atoms with Gasteiger partial charge >= 0.3 is 0 Å². The lowest BCUT2D eigenvalue weighted by Gasteiger charge is -2.45. The molecule has 4 aliphatic rings. The van der Waals surface area contributed by atoms with Crippen molar-refractivity contribution in [2.24, 2.45) is 0 Å². The van der Waals surface area contributed by atoms with Gasteiger partial charge in [0.05, 0.1) is 17.1 Å². The third-order valence-corrected chi connectivity index (χ3v) is 12.6. The molecule has 0 bridgehead atoms. The molecule has 5 aromatic carbocycles. The van der Waals surface area contributed by atoms with E-state index in [1.54, 1.807) is 0 Å². The van der Waals surface area contributed by atoms with Crippen molar-refractivity contribution in [3.05, 3.63) is 100 Å². The molecular formula is C45H43BN2O4S. The van der Waals surface area contributed by atoms with Crippen LogP contribution in [0.25, 0.3) is 10.1 Å². The lowest BCUT2D eigenvalue weighted by molar-refractivity contribution is 0.170. The van der Waals surface area contributed by atoms with Crippen molar-refractivity contribution >= 4 is 78.0 Å². The van der Waals surface area contributed by atoms with Crippen LogP contribution in [0, 0.1) is 34.6 Å². The Morgan fingerprint density at radius 1 is 0.623 bits per heavy atom.